The van der Waals surface area contributed by atoms with E-state index >= 15 is 0 Å². The topological polar surface area (TPSA) is 0 Å². The van der Waals surface area contributed by atoms with Crippen molar-refractivity contribution in [3.8, 4) is 0 Å². The zero-order valence-corrected chi connectivity index (χ0v) is 8.15. The molecule has 0 N–H and O–H groups in total. The molecule has 0 atom stereocenters. The summed E-state index contributed by atoms with van der Waals surface area (Å²) < 4.78 is 0. The monoisotopic (exact) mass is 305 g/mol. The molecule has 0 saturated heterocycles. The van der Waals surface area contributed by atoms with Gasteiger partial charge in [-0.2, -0.15) is 6.42 Å². The van der Waals surface area contributed by atoms with Gasteiger partial charge in [-0.05, 0) is 0 Å². The zero-order valence-electron chi connectivity index (χ0n) is 4.51. The van der Waals surface area contributed by atoms with Crippen LogP contribution in [0, 0.1) is 6.92 Å². The fraction of sp³-hybridized carbons (Fsp3) is 0.800. The van der Waals surface area contributed by atoms with Gasteiger partial charge in [0.05, 0.1) is 0 Å². The maximum absolute atomic E-state index is 3.68. The minimum Gasteiger partial charge on any atom is -0.343 e. The molecule has 0 fully saturated rings. The van der Waals surface area contributed by atoms with Crippen LogP contribution in [-0.2, 0) is 17.3 Å². The average molecular weight is 306 g/mol. The van der Waals surface area contributed by atoms with Crippen molar-refractivity contribution >= 4 is 19.0 Å². The molecular formula is C5H11AgI-. The number of hydrogen-bond acceptors (Lipinski definition) is 0. The second-order valence-electron chi connectivity index (χ2n) is 1.21. The SMILES string of the molecule is [Ag][I].[CH2-]CCCC. The van der Waals surface area contributed by atoms with Gasteiger partial charge in [-0.25, -0.2) is 0 Å². The van der Waals surface area contributed by atoms with E-state index in [-0.39, 0.29) is 0 Å². The Morgan fingerprint density at radius 2 is 2.00 bits per heavy atom. The van der Waals surface area contributed by atoms with Crippen LogP contribution >= 0.6 is 19.0 Å². The van der Waals surface area contributed by atoms with Crippen molar-refractivity contribution < 1.29 is 17.3 Å². The molecule has 0 saturated carbocycles. The first-order valence-electron chi connectivity index (χ1n) is 2.32. The van der Waals surface area contributed by atoms with Gasteiger partial charge in [0.1, 0.15) is 0 Å². The summed E-state index contributed by atoms with van der Waals surface area (Å²) >= 11 is 4.88. The standard InChI is InChI=1S/C5H11.Ag.HI/c1-3-5-4-2;;/h1,3-5H2,2H3;;1H/q-1;+1;/p-1. The third-order valence-corrected chi connectivity index (χ3v) is 0.604. The van der Waals surface area contributed by atoms with Crippen LogP contribution in [0.1, 0.15) is 26.2 Å². The predicted molar refractivity (Wildman–Crippen MR) is 38.9 cm³/mol. The first-order valence-corrected chi connectivity index (χ1v) is 6.73. The molecule has 0 bridgehead atoms. The van der Waals surface area contributed by atoms with E-state index in [1.54, 1.807) is 0 Å². The summed E-state index contributed by atoms with van der Waals surface area (Å²) in [5.41, 5.74) is 0. The van der Waals surface area contributed by atoms with Gasteiger partial charge in [-0.1, -0.05) is 19.8 Å². The second kappa shape index (κ2) is 15.6. The molecule has 0 aliphatic rings. The first kappa shape index (κ1) is 11.3. The molecule has 0 nitrogen and oxygen atoms in total. The smallest absolute Gasteiger partial charge is 0.0586 e. The van der Waals surface area contributed by atoms with Crippen molar-refractivity contribution in [2.75, 3.05) is 0 Å². The molecule has 0 aromatic heterocycles. The molecule has 0 radical (unpaired) electrons. The molecule has 0 spiro atoms. The first-order chi connectivity index (χ1) is 3.41. The zero-order chi connectivity index (χ0) is 6.12. The van der Waals surface area contributed by atoms with Crippen LogP contribution in [0.4, 0.5) is 0 Å². The molecule has 0 aromatic carbocycles. The Morgan fingerprint density at radius 3 is 2.00 bits per heavy atom. The molecule has 0 amide bonds. The van der Waals surface area contributed by atoms with Crippen molar-refractivity contribution in [3.63, 3.8) is 0 Å². The van der Waals surface area contributed by atoms with Crippen molar-refractivity contribution in [1.82, 2.24) is 0 Å². The molecular weight excluding hydrogens is 295 g/mol. The quantitative estimate of drug-likeness (QED) is 0.418. The van der Waals surface area contributed by atoms with Gasteiger partial charge in [-0.3, -0.25) is 0 Å². The summed E-state index contributed by atoms with van der Waals surface area (Å²) in [5, 5.41) is 0. The normalized spacial score (nSPS) is 7.00. The van der Waals surface area contributed by atoms with Crippen LogP contribution in [0.2, 0.25) is 0 Å². The van der Waals surface area contributed by atoms with Gasteiger partial charge >= 0.3 is 36.3 Å². The molecule has 0 aliphatic carbocycles. The van der Waals surface area contributed by atoms with Crippen molar-refractivity contribution in [1.29, 1.82) is 0 Å². The summed E-state index contributed by atoms with van der Waals surface area (Å²) in [4.78, 5) is 0. The van der Waals surface area contributed by atoms with Gasteiger partial charge in [0, 0.05) is 0 Å². The minimum atomic E-state index is 1.09. The van der Waals surface area contributed by atoms with E-state index in [2.05, 4.69) is 31.1 Å². The van der Waals surface area contributed by atoms with Gasteiger partial charge in [-0.15, -0.1) is 0 Å². The Kier molecular flexibility index (Phi) is 25.2. The van der Waals surface area contributed by atoms with Gasteiger partial charge in [0.2, 0.25) is 0 Å². The summed E-state index contributed by atoms with van der Waals surface area (Å²) in [6.07, 6.45) is 3.65. The second-order valence-corrected chi connectivity index (χ2v) is 1.21. The Labute approximate surface area is 68.9 Å². The minimum absolute atomic E-state index is 1.09. The summed E-state index contributed by atoms with van der Waals surface area (Å²) in [7, 11) is 0. The van der Waals surface area contributed by atoms with Crippen molar-refractivity contribution in [2.24, 2.45) is 0 Å². The van der Waals surface area contributed by atoms with Crippen LogP contribution in [0.5, 0.6) is 0 Å². The predicted octanol–water partition coefficient (Wildman–Crippen LogP) is 2.89. The van der Waals surface area contributed by atoms with Gasteiger partial charge < -0.3 is 6.92 Å². The number of rotatable bonds is 2. The Morgan fingerprint density at radius 1 is 1.57 bits per heavy atom. The molecule has 2 heteroatoms. The van der Waals surface area contributed by atoms with E-state index < -0.39 is 0 Å². The number of halogens is 1. The van der Waals surface area contributed by atoms with Crippen LogP contribution in [0.25, 0.3) is 0 Å². The van der Waals surface area contributed by atoms with Crippen molar-refractivity contribution in [2.45, 2.75) is 26.2 Å². The van der Waals surface area contributed by atoms with Gasteiger partial charge in [0.25, 0.3) is 0 Å². The Balaban J connectivity index is 0. The number of hydrogen-bond donors (Lipinski definition) is 0. The fourth-order valence-corrected chi connectivity index (χ4v) is 0.250. The molecule has 0 aromatic rings. The third-order valence-electron chi connectivity index (χ3n) is 0.604. The number of unbranched alkanes of at least 4 members (excludes halogenated alkanes) is 2. The van der Waals surface area contributed by atoms with E-state index in [0.717, 1.165) is 6.42 Å². The van der Waals surface area contributed by atoms with Crippen LogP contribution < -0.4 is 0 Å². The van der Waals surface area contributed by atoms with E-state index in [1.807, 2.05) is 19.0 Å². The summed E-state index contributed by atoms with van der Waals surface area (Å²) in [5.74, 6) is 0. The maximum Gasteiger partial charge on any atom is -0.0586 e. The molecule has 50 valence electrons. The molecule has 0 heterocycles. The van der Waals surface area contributed by atoms with Crippen LogP contribution in [-0.4, -0.2) is 0 Å². The van der Waals surface area contributed by atoms with Crippen molar-refractivity contribution in [3.05, 3.63) is 6.92 Å². The van der Waals surface area contributed by atoms with Gasteiger partial charge in [0.15, 0.2) is 0 Å². The van der Waals surface area contributed by atoms with E-state index in [1.165, 1.54) is 12.8 Å². The summed E-state index contributed by atoms with van der Waals surface area (Å²) in [6.45, 7) is 5.85. The molecule has 0 rings (SSSR count). The fourth-order valence-electron chi connectivity index (χ4n) is 0.250. The van der Waals surface area contributed by atoms with E-state index in [4.69, 9.17) is 0 Å². The largest absolute Gasteiger partial charge is 0.343 e. The Bertz CT molecular complexity index is 15.6. The molecule has 7 heavy (non-hydrogen) atoms. The summed E-state index contributed by atoms with van der Waals surface area (Å²) in [6, 6.07) is 0. The molecule has 0 unspecified atom stereocenters. The maximum atomic E-state index is 3.68. The van der Waals surface area contributed by atoms with Crippen LogP contribution in [0.3, 0.4) is 0 Å². The van der Waals surface area contributed by atoms with E-state index in [9.17, 15) is 0 Å². The average Bonchev–Trinajstić information content (AvgIpc) is 1.75. The third kappa shape index (κ3) is 18.6. The molecule has 0 aliphatic heterocycles. The Hall–Kier alpha value is 1.47. The van der Waals surface area contributed by atoms with Crippen LogP contribution in [0.15, 0.2) is 0 Å². The van der Waals surface area contributed by atoms with E-state index in [0.29, 0.717) is 0 Å².